The van der Waals surface area contributed by atoms with Gasteiger partial charge in [-0.1, -0.05) is 0 Å². The largest absolute Gasteiger partial charge is 0.497 e. The molecule has 0 saturated heterocycles. The summed E-state index contributed by atoms with van der Waals surface area (Å²) in [6, 6.07) is 19.7. The molecule has 0 aromatic heterocycles. The molecule has 4 rings (SSSR count). The molecule has 0 aliphatic rings. The van der Waals surface area contributed by atoms with Gasteiger partial charge in [-0.15, -0.1) is 0 Å². The molecule has 0 radical (unpaired) electrons. The number of nitro groups is 2. The molecule has 0 aliphatic carbocycles. The maximum Gasteiger partial charge on any atom is 0.343 e. The minimum Gasteiger partial charge on any atom is -0.497 e. The molecule has 0 atom stereocenters. The van der Waals surface area contributed by atoms with Gasteiger partial charge < -0.3 is 18.9 Å². The van der Waals surface area contributed by atoms with Gasteiger partial charge in [-0.25, -0.2) is 9.59 Å². The molecule has 222 valence electrons. The number of esters is 2. The van der Waals surface area contributed by atoms with Gasteiger partial charge >= 0.3 is 23.3 Å². The first kappa shape index (κ1) is 30.5. The summed E-state index contributed by atoms with van der Waals surface area (Å²) in [5.41, 5.74) is -0.0763. The van der Waals surface area contributed by atoms with E-state index in [0.29, 0.717) is 11.5 Å². The van der Waals surface area contributed by atoms with Crippen molar-refractivity contribution in [3.63, 3.8) is 0 Å². The Hall–Kier alpha value is -6.44. The van der Waals surface area contributed by atoms with Crippen LogP contribution in [0.5, 0.6) is 23.0 Å². The van der Waals surface area contributed by atoms with Gasteiger partial charge in [-0.05, 0) is 72.8 Å². The topological polar surface area (TPSA) is 182 Å². The van der Waals surface area contributed by atoms with Crippen molar-refractivity contribution in [2.45, 2.75) is 0 Å². The third kappa shape index (κ3) is 7.64. The Morgan fingerprint density at radius 1 is 0.614 bits per heavy atom. The number of methoxy groups -OCH3 is 2. The Labute approximate surface area is 249 Å². The van der Waals surface area contributed by atoms with E-state index in [1.54, 1.807) is 24.3 Å². The maximum absolute atomic E-state index is 12.4. The van der Waals surface area contributed by atoms with E-state index < -0.39 is 33.2 Å². The average Bonchev–Trinajstić information content (AvgIpc) is 3.04. The molecule has 0 spiro atoms. The smallest absolute Gasteiger partial charge is 0.343 e. The second kappa shape index (κ2) is 14.0. The van der Waals surface area contributed by atoms with Crippen LogP contribution in [0.4, 0.5) is 11.4 Å². The highest BCUT2D eigenvalue weighted by Crippen LogP contribution is 2.30. The number of benzene rings is 4. The van der Waals surface area contributed by atoms with Crippen LogP contribution in [-0.2, 0) is 0 Å². The van der Waals surface area contributed by atoms with Crippen LogP contribution in [-0.4, -0.2) is 48.4 Å². The highest BCUT2D eigenvalue weighted by molar-refractivity contribution is 5.93. The van der Waals surface area contributed by atoms with Crippen molar-refractivity contribution in [2.75, 3.05) is 14.2 Å². The Morgan fingerprint density at radius 3 is 1.30 bits per heavy atom. The molecular formula is C30H22N4O10. The molecule has 14 heteroatoms. The van der Waals surface area contributed by atoms with Crippen molar-refractivity contribution in [2.24, 2.45) is 10.2 Å². The molecule has 4 aromatic carbocycles. The number of hydrogen-bond donors (Lipinski definition) is 0. The first-order valence-corrected chi connectivity index (χ1v) is 12.5. The van der Waals surface area contributed by atoms with Crippen LogP contribution in [0.2, 0.25) is 0 Å². The fourth-order valence-corrected chi connectivity index (χ4v) is 3.66. The number of nitro benzene ring substituents is 2. The lowest BCUT2D eigenvalue weighted by Gasteiger charge is -2.06. The second-order valence-electron chi connectivity index (χ2n) is 8.69. The van der Waals surface area contributed by atoms with Gasteiger partial charge in [0.25, 0.3) is 0 Å². The fourth-order valence-electron chi connectivity index (χ4n) is 3.66. The number of nitrogens with zero attached hydrogens (tertiary/aromatic N) is 4. The van der Waals surface area contributed by atoms with E-state index in [-0.39, 0.29) is 33.8 Å². The number of hydrogen-bond acceptors (Lipinski definition) is 12. The Kier molecular flexibility index (Phi) is 9.68. The van der Waals surface area contributed by atoms with Crippen molar-refractivity contribution >= 4 is 35.7 Å². The van der Waals surface area contributed by atoms with Crippen LogP contribution in [0.25, 0.3) is 0 Å². The van der Waals surface area contributed by atoms with E-state index in [1.165, 1.54) is 75.2 Å². The summed E-state index contributed by atoms with van der Waals surface area (Å²) in [6.45, 7) is 0. The molecule has 0 fully saturated rings. The highest BCUT2D eigenvalue weighted by Gasteiger charge is 2.21. The van der Waals surface area contributed by atoms with E-state index in [4.69, 9.17) is 18.9 Å². The van der Waals surface area contributed by atoms with Gasteiger partial charge in [0.2, 0.25) is 11.5 Å². The summed E-state index contributed by atoms with van der Waals surface area (Å²) in [6.07, 6.45) is 2.41. The molecule has 0 saturated carbocycles. The maximum atomic E-state index is 12.4. The van der Waals surface area contributed by atoms with Crippen LogP contribution in [0.3, 0.4) is 0 Å². The zero-order valence-electron chi connectivity index (χ0n) is 23.1. The fraction of sp³-hybridized carbons (Fsp3) is 0.0667. The number of ether oxygens (including phenoxy) is 4. The van der Waals surface area contributed by atoms with Crippen LogP contribution in [0, 0.1) is 20.2 Å². The third-order valence-electron chi connectivity index (χ3n) is 5.90. The van der Waals surface area contributed by atoms with Gasteiger partial charge in [0, 0.05) is 23.3 Å². The monoisotopic (exact) mass is 598 g/mol. The molecule has 0 amide bonds. The summed E-state index contributed by atoms with van der Waals surface area (Å²) in [5.74, 6) is -1.07. The van der Waals surface area contributed by atoms with Crippen molar-refractivity contribution in [3.8, 4) is 23.0 Å². The summed E-state index contributed by atoms with van der Waals surface area (Å²) in [4.78, 5) is 46.7. The molecule has 14 nitrogen and oxygen atoms in total. The van der Waals surface area contributed by atoms with E-state index in [1.807, 2.05) is 0 Å². The highest BCUT2D eigenvalue weighted by atomic mass is 16.6. The molecule has 0 heterocycles. The van der Waals surface area contributed by atoms with Gasteiger partial charge in [0.1, 0.15) is 11.5 Å². The SMILES string of the molecule is COc1ccc(C(=O)Oc2ccc(C=NN=Cc3ccc(OC(=O)c4ccc(OC)cc4)c([N+](=O)[O-])c3)cc2[N+](=O)[O-])cc1. The molecule has 44 heavy (non-hydrogen) atoms. The minimum atomic E-state index is -0.794. The standard InChI is InChI=1S/C30H22N4O10/c1-41-23-9-5-21(6-10-23)29(35)43-27-13-3-19(15-25(27)33(37)38)17-31-32-18-20-4-14-28(26(16-20)34(39)40)44-30(36)22-7-11-24(42-2)12-8-22/h3-18H,1-2H3. The normalized spacial score (nSPS) is 10.9. The van der Waals surface area contributed by atoms with Crippen molar-refractivity contribution < 1.29 is 38.4 Å². The van der Waals surface area contributed by atoms with Gasteiger partial charge in [-0.2, -0.15) is 10.2 Å². The predicted octanol–water partition coefficient (Wildman–Crippen LogP) is 5.41. The molecule has 0 N–H and O–H groups in total. The summed E-state index contributed by atoms with van der Waals surface area (Å²) in [5, 5.41) is 30.9. The van der Waals surface area contributed by atoms with Gasteiger partial charge in [-0.3, -0.25) is 20.2 Å². The van der Waals surface area contributed by atoms with Crippen LogP contribution < -0.4 is 18.9 Å². The van der Waals surface area contributed by atoms with Crippen LogP contribution in [0.1, 0.15) is 31.8 Å². The van der Waals surface area contributed by atoms with Gasteiger partial charge in [0.15, 0.2) is 0 Å². The lowest BCUT2D eigenvalue weighted by molar-refractivity contribution is -0.385. The number of rotatable bonds is 11. The minimum absolute atomic E-state index is 0.170. The molecule has 4 aromatic rings. The van der Waals surface area contributed by atoms with E-state index in [2.05, 4.69) is 10.2 Å². The van der Waals surface area contributed by atoms with Gasteiger partial charge in [0.05, 0.1) is 47.6 Å². The van der Waals surface area contributed by atoms with Crippen molar-refractivity contribution in [1.82, 2.24) is 0 Å². The summed E-state index contributed by atoms with van der Waals surface area (Å²) < 4.78 is 20.5. The summed E-state index contributed by atoms with van der Waals surface area (Å²) >= 11 is 0. The third-order valence-corrected chi connectivity index (χ3v) is 5.90. The lowest BCUT2D eigenvalue weighted by Crippen LogP contribution is -2.10. The van der Waals surface area contributed by atoms with Crippen LogP contribution in [0.15, 0.2) is 95.1 Å². The van der Waals surface area contributed by atoms with E-state index >= 15 is 0 Å². The van der Waals surface area contributed by atoms with E-state index in [9.17, 15) is 29.8 Å². The first-order chi connectivity index (χ1) is 21.2. The Balaban J connectivity index is 1.45. The van der Waals surface area contributed by atoms with Crippen molar-refractivity contribution in [3.05, 3.63) is 127 Å². The number of carbonyl (C=O) groups excluding carboxylic acids is 2. The zero-order valence-corrected chi connectivity index (χ0v) is 23.1. The Bertz CT molecular complexity index is 1640. The average molecular weight is 599 g/mol. The Morgan fingerprint density at radius 2 is 0.977 bits per heavy atom. The quantitative estimate of drug-likeness (QED) is 0.0711. The summed E-state index contributed by atoms with van der Waals surface area (Å²) in [7, 11) is 2.95. The lowest BCUT2D eigenvalue weighted by atomic mass is 10.2. The first-order valence-electron chi connectivity index (χ1n) is 12.5. The molecule has 0 unspecified atom stereocenters. The van der Waals surface area contributed by atoms with E-state index in [0.717, 1.165) is 12.1 Å². The van der Waals surface area contributed by atoms with Crippen molar-refractivity contribution in [1.29, 1.82) is 0 Å². The second-order valence-corrected chi connectivity index (χ2v) is 8.69. The molecule has 0 aliphatic heterocycles. The molecule has 0 bridgehead atoms. The van der Waals surface area contributed by atoms with Crippen LogP contribution >= 0.6 is 0 Å². The molecular weight excluding hydrogens is 576 g/mol. The predicted molar refractivity (Wildman–Crippen MR) is 157 cm³/mol. The number of carbonyl (C=O) groups is 2. The zero-order chi connectivity index (χ0) is 31.6.